The van der Waals surface area contributed by atoms with E-state index in [0.717, 1.165) is 17.1 Å². The van der Waals surface area contributed by atoms with Crippen LogP contribution in [0.5, 0.6) is 0 Å². The van der Waals surface area contributed by atoms with Gasteiger partial charge >= 0.3 is 0 Å². The number of hydrogen-bond donors (Lipinski definition) is 0. The smallest absolute Gasteiger partial charge is 0.0476 e. The van der Waals surface area contributed by atoms with Crippen LogP contribution in [0.1, 0.15) is 0 Å². The summed E-state index contributed by atoms with van der Waals surface area (Å²) in [6.45, 7) is 0. The van der Waals surface area contributed by atoms with Gasteiger partial charge in [-0.3, -0.25) is 0 Å². The number of rotatable bonds is 6. The lowest BCUT2D eigenvalue weighted by Gasteiger charge is -2.26. The molecule has 2 heteroatoms. The fraction of sp³-hybridized carbons (Fsp3) is 0. The van der Waals surface area contributed by atoms with E-state index in [9.17, 15) is 0 Å². The van der Waals surface area contributed by atoms with Gasteiger partial charge in [-0.1, -0.05) is 146 Å². The van der Waals surface area contributed by atoms with Crippen molar-refractivity contribution in [2.75, 3.05) is 4.90 Å². The van der Waals surface area contributed by atoms with Crippen molar-refractivity contribution < 1.29 is 0 Å². The predicted octanol–water partition coefficient (Wildman–Crippen LogP) is 13.7. The quantitative estimate of drug-likeness (QED) is 0.177. The van der Waals surface area contributed by atoms with Crippen LogP contribution in [-0.2, 0) is 0 Å². The van der Waals surface area contributed by atoms with E-state index in [1.165, 1.54) is 64.3 Å². The average molecular weight is 630 g/mol. The molecule has 0 saturated heterocycles. The molecule has 9 rings (SSSR count). The van der Waals surface area contributed by atoms with E-state index >= 15 is 0 Å². The van der Waals surface area contributed by atoms with Gasteiger partial charge in [0.25, 0.3) is 0 Å². The van der Waals surface area contributed by atoms with Gasteiger partial charge in [0.15, 0.2) is 0 Å². The van der Waals surface area contributed by atoms with Gasteiger partial charge in [-0.05, 0) is 86.6 Å². The van der Waals surface area contributed by atoms with Crippen LogP contribution in [-0.4, -0.2) is 0 Å². The molecule has 0 unspecified atom stereocenters. The molecule has 0 aliphatic heterocycles. The Labute approximate surface area is 284 Å². The first-order valence-corrected chi connectivity index (χ1v) is 17.2. The van der Waals surface area contributed by atoms with Crippen molar-refractivity contribution in [3.8, 4) is 33.4 Å². The number of fused-ring (bicyclic) bond motifs is 4. The summed E-state index contributed by atoms with van der Waals surface area (Å²) in [5, 5.41) is 5.13. The van der Waals surface area contributed by atoms with Crippen molar-refractivity contribution in [2.24, 2.45) is 0 Å². The van der Waals surface area contributed by atoms with Crippen molar-refractivity contribution in [1.82, 2.24) is 0 Å². The SMILES string of the molecule is c1ccc(-c2ccc(-c3ccc(N(c4cccc(-c5cccc6ccccc56)c4)c4ccc5c(c4)sc4ccccc45)cc3)cc2)cc1. The number of benzene rings is 8. The molecule has 8 aromatic carbocycles. The highest BCUT2D eigenvalue weighted by atomic mass is 32.1. The van der Waals surface area contributed by atoms with Crippen LogP contribution in [0, 0.1) is 0 Å². The summed E-state index contributed by atoms with van der Waals surface area (Å²) in [5.41, 5.74) is 10.7. The van der Waals surface area contributed by atoms with E-state index in [2.05, 4.69) is 193 Å². The zero-order valence-electron chi connectivity index (χ0n) is 26.3. The molecule has 0 saturated carbocycles. The molecule has 226 valence electrons. The van der Waals surface area contributed by atoms with Crippen LogP contribution < -0.4 is 4.90 Å². The fourth-order valence-electron chi connectivity index (χ4n) is 6.88. The lowest BCUT2D eigenvalue weighted by Crippen LogP contribution is -2.10. The molecule has 0 atom stereocenters. The lowest BCUT2D eigenvalue weighted by molar-refractivity contribution is 1.29. The van der Waals surface area contributed by atoms with E-state index in [-0.39, 0.29) is 0 Å². The molecule has 1 aromatic heterocycles. The van der Waals surface area contributed by atoms with Crippen LogP contribution in [0.25, 0.3) is 64.3 Å². The van der Waals surface area contributed by atoms with E-state index in [1.807, 2.05) is 11.3 Å². The third kappa shape index (κ3) is 5.13. The summed E-state index contributed by atoms with van der Waals surface area (Å²) in [6.07, 6.45) is 0. The first kappa shape index (κ1) is 28.3. The monoisotopic (exact) mass is 629 g/mol. The summed E-state index contributed by atoms with van der Waals surface area (Å²) >= 11 is 1.86. The van der Waals surface area contributed by atoms with Gasteiger partial charge in [-0.2, -0.15) is 0 Å². The Hall–Kier alpha value is -5.96. The van der Waals surface area contributed by atoms with Crippen molar-refractivity contribution in [3.05, 3.63) is 188 Å². The molecular formula is C46H31NS. The standard InChI is InChI=1S/C46H31NS/c1-2-10-32(11-3-1)33-20-22-34(23-21-33)35-24-26-38(27-25-35)47(40-28-29-44-43-17-6-7-19-45(43)48-46(44)31-40)39-15-8-14-37(30-39)42-18-9-13-36-12-4-5-16-41(36)42/h1-31H. The van der Waals surface area contributed by atoms with Crippen LogP contribution >= 0.6 is 11.3 Å². The Morgan fingerprint density at radius 1 is 0.312 bits per heavy atom. The maximum atomic E-state index is 2.39. The minimum Gasteiger partial charge on any atom is -0.310 e. The van der Waals surface area contributed by atoms with Crippen molar-refractivity contribution >= 4 is 59.3 Å². The van der Waals surface area contributed by atoms with Gasteiger partial charge in [0.1, 0.15) is 0 Å². The third-order valence-electron chi connectivity index (χ3n) is 9.28. The Bertz CT molecular complexity index is 2540. The Morgan fingerprint density at radius 2 is 0.854 bits per heavy atom. The highest BCUT2D eigenvalue weighted by molar-refractivity contribution is 7.25. The Balaban J connectivity index is 1.14. The normalized spacial score (nSPS) is 11.3. The molecule has 0 spiro atoms. The first-order valence-electron chi connectivity index (χ1n) is 16.3. The third-order valence-corrected chi connectivity index (χ3v) is 10.4. The maximum absolute atomic E-state index is 2.39. The highest BCUT2D eigenvalue weighted by Crippen LogP contribution is 2.42. The largest absolute Gasteiger partial charge is 0.310 e. The van der Waals surface area contributed by atoms with Crippen LogP contribution in [0.4, 0.5) is 17.1 Å². The molecule has 0 radical (unpaired) electrons. The minimum absolute atomic E-state index is 1.12. The van der Waals surface area contributed by atoms with E-state index < -0.39 is 0 Å². The van der Waals surface area contributed by atoms with Gasteiger partial charge in [0.05, 0.1) is 0 Å². The van der Waals surface area contributed by atoms with Crippen LogP contribution in [0.2, 0.25) is 0 Å². The van der Waals surface area contributed by atoms with Gasteiger partial charge < -0.3 is 4.90 Å². The van der Waals surface area contributed by atoms with Crippen LogP contribution in [0.3, 0.4) is 0 Å². The lowest BCUT2D eigenvalue weighted by atomic mass is 9.97. The molecule has 0 amide bonds. The molecule has 48 heavy (non-hydrogen) atoms. The van der Waals surface area contributed by atoms with Crippen molar-refractivity contribution in [2.45, 2.75) is 0 Å². The molecule has 0 aliphatic carbocycles. The van der Waals surface area contributed by atoms with Gasteiger partial charge in [0, 0.05) is 37.2 Å². The minimum atomic E-state index is 1.12. The average Bonchev–Trinajstić information content (AvgIpc) is 3.54. The molecule has 0 N–H and O–H groups in total. The van der Waals surface area contributed by atoms with Crippen LogP contribution in [0.15, 0.2) is 188 Å². The maximum Gasteiger partial charge on any atom is 0.0476 e. The van der Waals surface area contributed by atoms with Crippen molar-refractivity contribution in [1.29, 1.82) is 0 Å². The van der Waals surface area contributed by atoms with Gasteiger partial charge in [-0.25, -0.2) is 0 Å². The summed E-state index contributed by atoms with van der Waals surface area (Å²) in [4.78, 5) is 2.39. The number of hydrogen-bond acceptors (Lipinski definition) is 2. The molecule has 1 heterocycles. The Morgan fingerprint density at radius 3 is 1.65 bits per heavy atom. The molecule has 0 fully saturated rings. The second-order valence-electron chi connectivity index (χ2n) is 12.2. The van der Waals surface area contributed by atoms with Gasteiger partial charge in [-0.15, -0.1) is 11.3 Å². The molecule has 0 aliphatic rings. The molecular weight excluding hydrogens is 599 g/mol. The second kappa shape index (κ2) is 12.0. The molecule has 9 aromatic rings. The fourth-order valence-corrected chi connectivity index (χ4v) is 8.02. The van der Waals surface area contributed by atoms with Crippen molar-refractivity contribution in [3.63, 3.8) is 0 Å². The van der Waals surface area contributed by atoms with Gasteiger partial charge in [0.2, 0.25) is 0 Å². The summed E-state index contributed by atoms with van der Waals surface area (Å²) in [7, 11) is 0. The second-order valence-corrected chi connectivity index (χ2v) is 13.3. The first-order chi connectivity index (χ1) is 23.8. The summed E-state index contributed by atoms with van der Waals surface area (Å²) in [5.74, 6) is 0. The number of anilines is 3. The summed E-state index contributed by atoms with van der Waals surface area (Å²) in [6, 6.07) is 68.2. The predicted molar refractivity (Wildman–Crippen MR) is 208 cm³/mol. The zero-order valence-corrected chi connectivity index (χ0v) is 27.1. The zero-order chi connectivity index (χ0) is 31.9. The number of thiophene rings is 1. The molecule has 0 bridgehead atoms. The topological polar surface area (TPSA) is 3.24 Å². The Kier molecular flexibility index (Phi) is 7.07. The summed E-state index contributed by atoms with van der Waals surface area (Å²) < 4.78 is 2.61. The number of nitrogens with zero attached hydrogens (tertiary/aromatic N) is 1. The van der Waals surface area contributed by atoms with E-state index in [0.29, 0.717) is 0 Å². The van der Waals surface area contributed by atoms with E-state index in [4.69, 9.17) is 0 Å². The van der Waals surface area contributed by atoms with E-state index in [1.54, 1.807) is 0 Å². The molecule has 1 nitrogen and oxygen atoms in total. The highest BCUT2D eigenvalue weighted by Gasteiger charge is 2.16.